The molecule has 0 aliphatic rings. The van der Waals surface area contributed by atoms with Crippen LogP contribution in [-0.4, -0.2) is 28.0 Å². The van der Waals surface area contributed by atoms with Crippen molar-refractivity contribution >= 4 is 22.8 Å². The molecule has 2 aromatic rings. The maximum Gasteiger partial charge on any atom is 0.326 e. The molecular weight excluding hydrogens is 352 g/mol. The van der Waals surface area contributed by atoms with Crippen molar-refractivity contribution in [1.82, 2.24) is 10.3 Å². The Balaban J connectivity index is 1.69. The topological polar surface area (TPSA) is 82.2 Å². The van der Waals surface area contributed by atoms with Crippen molar-refractivity contribution in [3.05, 3.63) is 36.0 Å². The number of carboxylic acids is 1. The Hall–Kier alpha value is -2.30. The molecule has 28 heavy (non-hydrogen) atoms. The largest absolute Gasteiger partial charge is 0.480 e. The molecule has 0 saturated carbocycles. The minimum absolute atomic E-state index is 0.171. The van der Waals surface area contributed by atoms with E-state index in [1.165, 1.54) is 38.5 Å². The van der Waals surface area contributed by atoms with Crippen LogP contribution in [0.3, 0.4) is 0 Å². The molecule has 1 atom stereocenters. The number of hydrogen-bond donors (Lipinski definition) is 3. The van der Waals surface area contributed by atoms with Gasteiger partial charge in [-0.05, 0) is 18.1 Å². The number of benzene rings is 1. The highest BCUT2D eigenvalue weighted by atomic mass is 16.4. The average Bonchev–Trinajstić information content (AvgIpc) is 3.09. The highest BCUT2D eigenvalue weighted by molar-refractivity contribution is 5.86. The van der Waals surface area contributed by atoms with Crippen LogP contribution >= 0.6 is 0 Å². The zero-order valence-corrected chi connectivity index (χ0v) is 17.0. The van der Waals surface area contributed by atoms with Gasteiger partial charge in [-0.3, -0.25) is 4.79 Å². The summed E-state index contributed by atoms with van der Waals surface area (Å²) in [6.45, 7) is 2.22. The van der Waals surface area contributed by atoms with E-state index < -0.39 is 12.0 Å². The lowest BCUT2D eigenvalue weighted by Gasteiger charge is -2.14. The smallest absolute Gasteiger partial charge is 0.326 e. The SMILES string of the molecule is CCCCCCCCCCCC(=O)NC(Cc1c[nH]c2ccccc12)C(=O)O. The van der Waals surface area contributed by atoms with Gasteiger partial charge in [0, 0.05) is 29.9 Å². The van der Waals surface area contributed by atoms with E-state index in [-0.39, 0.29) is 12.3 Å². The van der Waals surface area contributed by atoms with E-state index in [1.807, 2.05) is 30.5 Å². The first-order chi connectivity index (χ1) is 13.6. The first kappa shape index (κ1) is 22.0. The van der Waals surface area contributed by atoms with Crippen molar-refractivity contribution in [2.45, 2.75) is 83.6 Å². The molecule has 154 valence electrons. The monoisotopic (exact) mass is 386 g/mol. The molecule has 3 N–H and O–H groups in total. The number of carboxylic acid groups (broad SMARTS) is 1. The normalized spacial score (nSPS) is 12.2. The van der Waals surface area contributed by atoms with Gasteiger partial charge in [0.2, 0.25) is 5.91 Å². The van der Waals surface area contributed by atoms with Gasteiger partial charge >= 0.3 is 5.97 Å². The molecule has 1 unspecified atom stereocenters. The fourth-order valence-corrected chi connectivity index (χ4v) is 3.58. The van der Waals surface area contributed by atoms with E-state index >= 15 is 0 Å². The molecule has 0 aliphatic heterocycles. The molecule has 0 spiro atoms. The van der Waals surface area contributed by atoms with Crippen LogP contribution in [0.4, 0.5) is 0 Å². The number of aliphatic carboxylic acids is 1. The summed E-state index contributed by atoms with van der Waals surface area (Å²) in [5, 5.41) is 13.2. The van der Waals surface area contributed by atoms with Gasteiger partial charge in [-0.25, -0.2) is 4.79 Å². The second kappa shape index (κ2) is 12.2. The third-order valence-corrected chi connectivity index (χ3v) is 5.24. The number of para-hydroxylation sites is 1. The summed E-state index contributed by atoms with van der Waals surface area (Å²) in [6.07, 6.45) is 13.2. The molecular formula is C23H34N2O3. The summed E-state index contributed by atoms with van der Waals surface area (Å²) in [5.41, 5.74) is 1.88. The Bertz CT molecular complexity index is 738. The zero-order chi connectivity index (χ0) is 20.2. The summed E-state index contributed by atoms with van der Waals surface area (Å²) >= 11 is 0. The lowest BCUT2D eigenvalue weighted by atomic mass is 10.0. The Kier molecular flexibility index (Phi) is 9.60. The van der Waals surface area contributed by atoms with Crippen LogP contribution in [0.15, 0.2) is 30.5 Å². The Morgan fingerprint density at radius 2 is 1.64 bits per heavy atom. The van der Waals surface area contributed by atoms with Gasteiger partial charge in [0.05, 0.1) is 0 Å². The van der Waals surface area contributed by atoms with Gasteiger partial charge in [-0.1, -0.05) is 76.5 Å². The average molecular weight is 387 g/mol. The van der Waals surface area contributed by atoms with Crippen molar-refractivity contribution in [3.8, 4) is 0 Å². The highest BCUT2D eigenvalue weighted by Gasteiger charge is 2.21. The molecule has 0 aliphatic carbocycles. The van der Waals surface area contributed by atoms with Crippen LogP contribution in [0.5, 0.6) is 0 Å². The molecule has 2 rings (SSSR count). The van der Waals surface area contributed by atoms with E-state index in [9.17, 15) is 14.7 Å². The van der Waals surface area contributed by atoms with Crippen LogP contribution in [0.2, 0.25) is 0 Å². The number of rotatable bonds is 14. The lowest BCUT2D eigenvalue weighted by molar-refractivity contribution is -0.141. The number of unbranched alkanes of at least 4 members (excludes halogenated alkanes) is 8. The van der Waals surface area contributed by atoms with Crippen LogP contribution in [0.1, 0.15) is 76.7 Å². The van der Waals surface area contributed by atoms with E-state index in [1.54, 1.807) is 0 Å². The predicted molar refractivity (Wildman–Crippen MR) is 113 cm³/mol. The van der Waals surface area contributed by atoms with Crippen molar-refractivity contribution in [1.29, 1.82) is 0 Å². The van der Waals surface area contributed by atoms with E-state index in [0.717, 1.165) is 35.7 Å². The lowest BCUT2D eigenvalue weighted by Crippen LogP contribution is -2.42. The van der Waals surface area contributed by atoms with E-state index in [0.29, 0.717) is 6.42 Å². The van der Waals surface area contributed by atoms with Gasteiger partial charge in [0.25, 0.3) is 0 Å². The summed E-state index contributed by atoms with van der Waals surface area (Å²) in [4.78, 5) is 26.9. The van der Waals surface area contributed by atoms with Crippen LogP contribution in [0.25, 0.3) is 10.9 Å². The van der Waals surface area contributed by atoms with Crippen molar-refractivity contribution in [3.63, 3.8) is 0 Å². The van der Waals surface area contributed by atoms with Gasteiger partial charge in [0.1, 0.15) is 6.04 Å². The quantitative estimate of drug-likeness (QED) is 0.390. The molecule has 1 aromatic carbocycles. The number of carbonyl (C=O) groups is 2. The summed E-state index contributed by atoms with van der Waals surface area (Å²) in [5.74, 6) is -1.17. The number of nitrogens with one attached hydrogen (secondary N) is 2. The highest BCUT2D eigenvalue weighted by Crippen LogP contribution is 2.19. The molecule has 5 heteroatoms. The summed E-state index contributed by atoms with van der Waals surface area (Å²) in [6, 6.07) is 6.88. The second-order valence-electron chi connectivity index (χ2n) is 7.60. The van der Waals surface area contributed by atoms with Crippen LogP contribution in [0, 0.1) is 0 Å². The fourth-order valence-electron chi connectivity index (χ4n) is 3.58. The standard InChI is InChI=1S/C23H34N2O3/c1-2-3-4-5-6-7-8-9-10-15-22(26)25-21(23(27)28)16-18-17-24-20-14-12-11-13-19(18)20/h11-14,17,21,24H,2-10,15-16H2,1H3,(H,25,26)(H,27,28). The first-order valence-electron chi connectivity index (χ1n) is 10.7. The van der Waals surface area contributed by atoms with Gasteiger partial charge in [0.15, 0.2) is 0 Å². The maximum absolute atomic E-state index is 12.2. The van der Waals surface area contributed by atoms with Crippen molar-refractivity contribution in [2.75, 3.05) is 0 Å². The van der Waals surface area contributed by atoms with Gasteiger partial charge in [-0.2, -0.15) is 0 Å². The van der Waals surface area contributed by atoms with Gasteiger partial charge in [-0.15, -0.1) is 0 Å². The van der Waals surface area contributed by atoms with Gasteiger partial charge < -0.3 is 15.4 Å². The number of H-pyrrole nitrogens is 1. The number of amides is 1. The molecule has 0 radical (unpaired) electrons. The summed E-state index contributed by atoms with van der Waals surface area (Å²) in [7, 11) is 0. The molecule has 1 amide bonds. The van der Waals surface area contributed by atoms with Crippen molar-refractivity contribution in [2.24, 2.45) is 0 Å². The Morgan fingerprint density at radius 3 is 2.32 bits per heavy atom. The Labute approximate surface area is 167 Å². The van der Waals surface area contributed by atoms with Crippen molar-refractivity contribution < 1.29 is 14.7 Å². The van der Waals surface area contributed by atoms with E-state index in [4.69, 9.17) is 0 Å². The number of carbonyl (C=O) groups excluding carboxylic acids is 1. The minimum atomic E-state index is -0.995. The third-order valence-electron chi connectivity index (χ3n) is 5.24. The fraction of sp³-hybridized carbons (Fsp3) is 0.565. The first-order valence-corrected chi connectivity index (χ1v) is 10.7. The van der Waals surface area contributed by atoms with Crippen LogP contribution < -0.4 is 5.32 Å². The summed E-state index contributed by atoms with van der Waals surface area (Å²) < 4.78 is 0. The zero-order valence-electron chi connectivity index (χ0n) is 17.0. The number of aromatic amines is 1. The predicted octanol–water partition coefficient (Wildman–Crippen LogP) is 5.20. The molecule has 1 aromatic heterocycles. The molecule has 5 nitrogen and oxygen atoms in total. The second-order valence-corrected chi connectivity index (χ2v) is 7.60. The minimum Gasteiger partial charge on any atom is -0.480 e. The number of aromatic nitrogens is 1. The Morgan fingerprint density at radius 1 is 1.00 bits per heavy atom. The number of fused-ring (bicyclic) bond motifs is 1. The van der Waals surface area contributed by atoms with E-state index in [2.05, 4.69) is 17.2 Å². The molecule has 0 bridgehead atoms. The molecule has 0 fully saturated rings. The number of hydrogen-bond acceptors (Lipinski definition) is 2. The molecule has 1 heterocycles. The molecule has 0 saturated heterocycles. The van der Waals surface area contributed by atoms with Crippen LogP contribution in [-0.2, 0) is 16.0 Å². The third kappa shape index (κ3) is 7.37. The maximum atomic E-state index is 12.2.